The van der Waals surface area contributed by atoms with Crippen LogP contribution in [0.1, 0.15) is 11.4 Å². The van der Waals surface area contributed by atoms with Gasteiger partial charge in [-0.15, -0.1) is 0 Å². The van der Waals surface area contributed by atoms with Gasteiger partial charge in [0.05, 0.1) is 20.4 Å². The van der Waals surface area contributed by atoms with E-state index in [9.17, 15) is 0 Å². The molecule has 24 heavy (non-hydrogen) atoms. The standard InChI is InChI=1S/C16H16BrClN4O2/c1-9-21-15(17)14-16(20-8-13(18)22(9)14)19-7-10-4-5-11(23-2)6-12(10)24-3/h4-6,8H,7H2,1-3H3,(H,19,20). The van der Waals surface area contributed by atoms with Crippen molar-refractivity contribution in [3.8, 4) is 11.5 Å². The SMILES string of the molecule is COc1ccc(CNc2ncc(Cl)n3c(C)nc(Br)c23)c(OC)c1. The molecule has 0 fully saturated rings. The molecule has 3 aromatic rings. The summed E-state index contributed by atoms with van der Waals surface area (Å²) in [5, 5.41) is 3.82. The highest BCUT2D eigenvalue weighted by atomic mass is 79.9. The Labute approximate surface area is 152 Å². The van der Waals surface area contributed by atoms with Gasteiger partial charge in [0.1, 0.15) is 32.6 Å². The lowest BCUT2D eigenvalue weighted by Crippen LogP contribution is -2.06. The Bertz CT molecular complexity index is 897. The van der Waals surface area contributed by atoms with E-state index in [1.54, 1.807) is 20.4 Å². The van der Waals surface area contributed by atoms with E-state index in [1.807, 2.05) is 29.5 Å². The van der Waals surface area contributed by atoms with Gasteiger partial charge in [0.15, 0.2) is 5.82 Å². The van der Waals surface area contributed by atoms with Crippen LogP contribution in [0.4, 0.5) is 5.82 Å². The molecule has 0 radical (unpaired) electrons. The van der Waals surface area contributed by atoms with Crippen LogP contribution >= 0.6 is 27.5 Å². The number of benzene rings is 1. The van der Waals surface area contributed by atoms with Crippen molar-refractivity contribution in [2.24, 2.45) is 0 Å². The molecule has 0 aliphatic heterocycles. The summed E-state index contributed by atoms with van der Waals surface area (Å²) in [6.45, 7) is 2.42. The summed E-state index contributed by atoms with van der Waals surface area (Å²) >= 11 is 9.69. The summed E-state index contributed by atoms with van der Waals surface area (Å²) in [6.07, 6.45) is 1.60. The Morgan fingerprint density at radius 2 is 2.08 bits per heavy atom. The smallest absolute Gasteiger partial charge is 0.153 e. The van der Waals surface area contributed by atoms with Gasteiger partial charge in [-0.2, -0.15) is 0 Å². The first-order valence-electron chi connectivity index (χ1n) is 7.19. The summed E-state index contributed by atoms with van der Waals surface area (Å²) in [6, 6.07) is 5.69. The molecule has 0 aliphatic rings. The molecule has 6 nitrogen and oxygen atoms in total. The molecule has 0 unspecified atom stereocenters. The maximum absolute atomic E-state index is 6.22. The van der Waals surface area contributed by atoms with Crippen LogP contribution in [-0.2, 0) is 6.54 Å². The minimum Gasteiger partial charge on any atom is -0.497 e. The van der Waals surface area contributed by atoms with E-state index in [0.29, 0.717) is 22.1 Å². The number of aryl methyl sites for hydroxylation is 1. The van der Waals surface area contributed by atoms with E-state index in [2.05, 4.69) is 31.2 Å². The topological polar surface area (TPSA) is 60.7 Å². The van der Waals surface area contributed by atoms with Crippen molar-refractivity contribution in [2.45, 2.75) is 13.5 Å². The minimum atomic E-state index is 0.508. The van der Waals surface area contributed by atoms with Gasteiger partial charge in [0, 0.05) is 18.2 Å². The highest BCUT2D eigenvalue weighted by molar-refractivity contribution is 9.10. The summed E-state index contributed by atoms with van der Waals surface area (Å²) < 4.78 is 13.2. The molecule has 0 amide bonds. The number of imidazole rings is 1. The van der Waals surface area contributed by atoms with Gasteiger partial charge in [-0.3, -0.25) is 4.40 Å². The molecule has 1 aromatic carbocycles. The van der Waals surface area contributed by atoms with Gasteiger partial charge < -0.3 is 14.8 Å². The highest BCUT2D eigenvalue weighted by Gasteiger charge is 2.15. The first-order valence-corrected chi connectivity index (χ1v) is 8.36. The van der Waals surface area contributed by atoms with Crippen LogP contribution in [0.15, 0.2) is 29.0 Å². The molecule has 0 atom stereocenters. The number of nitrogens with zero attached hydrogens (tertiary/aromatic N) is 3. The molecule has 3 rings (SSSR count). The molecular formula is C16H16BrClN4O2. The van der Waals surface area contributed by atoms with Crippen LogP contribution in [0.25, 0.3) is 5.52 Å². The number of rotatable bonds is 5. The molecule has 0 saturated heterocycles. The zero-order chi connectivity index (χ0) is 17.3. The predicted octanol–water partition coefficient (Wildman–Crippen LogP) is 4.08. The van der Waals surface area contributed by atoms with Crippen molar-refractivity contribution < 1.29 is 9.47 Å². The van der Waals surface area contributed by atoms with E-state index >= 15 is 0 Å². The van der Waals surface area contributed by atoms with Gasteiger partial charge in [0.2, 0.25) is 0 Å². The van der Waals surface area contributed by atoms with Gasteiger partial charge in [-0.25, -0.2) is 9.97 Å². The maximum atomic E-state index is 6.22. The largest absolute Gasteiger partial charge is 0.497 e. The number of halogens is 2. The third-order valence-electron chi connectivity index (χ3n) is 3.68. The first kappa shape index (κ1) is 16.9. The van der Waals surface area contributed by atoms with Crippen molar-refractivity contribution >= 4 is 38.9 Å². The minimum absolute atomic E-state index is 0.508. The Morgan fingerprint density at radius 1 is 1.29 bits per heavy atom. The Hall–Kier alpha value is -1.99. The lowest BCUT2D eigenvalue weighted by Gasteiger charge is -2.13. The fraction of sp³-hybridized carbons (Fsp3) is 0.250. The second-order valence-electron chi connectivity index (χ2n) is 5.09. The molecule has 2 heterocycles. The molecule has 2 aromatic heterocycles. The summed E-state index contributed by atoms with van der Waals surface area (Å²) in [4.78, 5) is 8.78. The Morgan fingerprint density at radius 3 is 2.79 bits per heavy atom. The van der Waals surface area contributed by atoms with Gasteiger partial charge in [-0.05, 0) is 35.0 Å². The number of anilines is 1. The summed E-state index contributed by atoms with van der Waals surface area (Å²) in [5.74, 6) is 2.96. The lowest BCUT2D eigenvalue weighted by atomic mass is 10.2. The van der Waals surface area contributed by atoms with Crippen LogP contribution in [0.2, 0.25) is 5.15 Å². The first-order chi connectivity index (χ1) is 11.5. The second-order valence-corrected chi connectivity index (χ2v) is 6.23. The number of fused-ring (bicyclic) bond motifs is 1. The lowest BCUT2D eigenvalue weighted by molar-refractivity contribution is 0.391. The number of aromatic nitrogens is 3. The van der Waals surface area contributed by atoms with Crippen molar-refractivity contribution in [2.75, 3.05) is 19.5 Å². The van der Waals surface area contributed by atoms with Crippen molar-refractivity contribution in [3.63, 3.8) is 0 Å². The average Bonchev–Trinajstić information content (AvgIpc) is 2.90. The van der Waals surface area contributed by atoms with E-state index in [0.717, 1.165) is 28.4 Å². The molecule has 8 heteroatoms. The number of hydrogen-bond acceptors (Lipinski definition) is 5. The Balaban J connectivity index is 1.93. The zero-order valence-corrected chi connectivity index (χ0v) is 15.8. The quantitative estimate of drug-likeness (QED) is 0.685. The molecule has 0 saturated carbocycles. The fourth-order valence-corrected chi connectivity index (χ4v) is 3.38. The van der Waals surface area contributed by atoms with Crippen LogP contribution < -0.4 is 14.8 Å². The molecule has 126 valence electrons. The second kappa shape index (κ2) is 6.86. The zero-order valence-electron chi connectivity index (χ0n) is 13.4. The van der Waals surface area contributed by atoms with E-state index < -0.39 is 0 Å². The van der Waals surface area contributed by atoms with Crippen molar-refractivity contribution in [1.82, 2.24) is 14.4 Å². The third-order valence-corrected chi connectivity index (χ3v) is 4.50. The highest BCUT2D eigenvalue weighted by Crippen LogP contribution is 2.30. The average molecular weight is 412 g/mol. The van der Waals surface area contributed by atoms with E-state index in [1.165, 1.54) is 0 Å². The molecular weight excluding hydrogens is 396 g/mol. The van der Waals surface area contributed by atoms with Crippen LogP contribution in [0.5, 0.6) is 11.5 Å². The molecule has 0 bridgehead atoms. The van der Waals surface area contributed by atoms with Gasteiger partial charge in [-0.1, -0.05) is 11.6 Å². The Kier molecular flexibility index (Phi) is 4.82. The maximum Gasteiger partial charge on any atom is 0.153 e. The van der Waals surface area contributed by atoms with Gasteiger partial charge >= 0.3 is 0 Å². The van der Waals surface area contributed by atoms with Crippen molar-refractivity contribution in [3.05, 3.63) is 45.5 Å². The molecule has 0 spiro atoms. The van der Waals surface area contributed by atoms with Crippen LogP contribution in [-0.4, -0.2) is 28.6 Å². The normalized spacial score (nSPS) is 10.9. The predicted molar refractivity (Wildman–Crippen MR) is 97.3 cm³/mol. The fourth-order valence-electron chi connectivity index (χ4n) is 2.51. The number of ether oxygens (including phenoxy) is 2. The van der Waals surface area contributed by atoms with E-state index in [4.69, 9.17) is 21.1 Å². The number of nitrogens with one attached hydrogen (secondary N) is 1. The number of methoxy groups -OCH3 is 2. The van der Waals surface area contributed by atoms with Gasteiger partial charge in [0.25, 0.3) is 0 Å². The summed E-state index contributed by atoms with van der Waals surface area (Å²) in [7, 11) is 3.26. The molecule has 1 N–H and O–H groups in total. The van der Waals surface area contributed by atoms with Crippen LogP contribution in [0, 0.1) is 6.92 Å². The molecule has 0 aliphatic carbocycles. The third kappa shape index (κ3) is 3.01. The van der Waals surface area contributed by atoms with Crippen molar-refractivity contribution in [1.29, 1.82) is 0 Å². The van der Waals surface area contributed by atoms with E-state index in [-0.39, 0.29) is 0 Å². The number of hydrogen-bond donors (Lipinski definition) is 1. The monoisotopic (exact) mass is 410 g/mol. The summed E-state index contributed by atoms with van der Waals surface area (Å²) in [5.41, 5.74) is 1.79. The van der Waals surface area contributed by atoms with Crippen LogP contribution in [0.3, 0.4) is 0 Å².